The van der Waals surface area contributed by atoms with Gasteiger partial charge in [0.05, 0.1) is 13.2 Å². The van der Waals surface area contributed by atoms with Crippen molar-refractivity contribution in [1.29, 1.82) is 0 Å². The number of rotatable bonds is 7. The number of carbonyl (C=O) groups is 1. The van der Waals surface area contributed by atoms with E-state index in [0.717, 1.165) is 52.2 Å². The van der Waals surface area contributed by atoms with Crippen molar-refractivity contribution in [1.82, 2.24) is 14.7 Å². The van der Waals surface area contributed by atoms with E-state index in [1.165, 1.54) is 31.4 Å². The summed E-state index contributed by atoms with van der Waals surface area (Å²) in [6.45, 7) is 6.46. The summed E-state index contributed by atoms with van der Waals surface area (Å²) in [5.41, 5.74) is 1.31. The fourth-order valence-electron chi connectivity index (χ4n) is 3.63. The second kappa shape index (κ2) is 8.27. The summed E-state index contributed by atoms with van der Waals surface area (Å²) >= 11 is 0. The van der Waals surface area contributed by atoms with E-state index in [-0.39, 0.29) is 0 Å². The van der Waals surface area contributed by atoms with Crippen LogP contribution in [0.4, 0.5) is 0 Å². The maximum atomic E-state index is 12.9. The van der Waals surface area contributed by atoms with Crippen LogP contribution < -0.4 is 0 Å². The van der Waals surface area contributed by atoms with Gasteiger partial charge in [0.25, 0.3) is 0 Å². The van der Waals surface area contributed by atoms with Crippen molar-refractivity contribution < 1.29 is 9.53 Å². The van der Waals surface area contributed by atoms with Gasteiger partial charge in [-0.15, -0.1) is 0 Å². The molecule has 1 saturated heterocycles. The number of piperazine rings is 1. The molecule has 2 aliphatic carbocycles. The number of amides is 1. The topological polar surface area (TPSA) is 36.0 Å². The lowest BCUT2D eigenvalue weighted by atomic mass is 10.0. The monoisotopic (exact) mass is 321 g/mol. The lowest BCUT2D eigenvalue weighted by Gasteiger charge is -2.36. The summed E-state index contributed by atoms with van der Waals surface area (Å²) in [6.07, 6.45) is 9.43. The lowest BCUT2D eigenvalue weighted by Crippen LogP contribution is -2.50. The number of methoxy groups -OCH3 is 1. The minimum atomic E-state index is 0.325. The molecule has 0 unspecified atom stereocenters. The molecule has 3 aliphatic rings. The second-order valence-electron chi connectivity index (χ2n) is 7.05. The Morgan fingerprint density at radius 3 is 2.57 bits per heavy atom. The second-order valence-corrected chi connectivity index (χ2v) is 7.05. The van der Waals surface area contributed by atoms with Gasteiger partial charge in [0.1, 0.15) is 0 Å². The van der Waals surface area contributed by atoms with Gasteiger partial charge in [0.2, 0.25) is 5.91 Å². The van der Waals surface area contributed by atoms with Crippen LogP contribution in [0, 0.1) is 0 Å². The van der Waals surface area contributed by atoms with E-state index in [4.69, 9.17) is 4.74 Å². The highest BCUT2D eigenvalue weighted by Gasteiger charge is 2.35. The van der Waals surface area contributed by atoms with Crippen molar-refractivity contribution in [3.63, 3.8) is 0 Å². The van der Waals surface area contributed by atoms with Crippen molar-refractivity contribution in [2.75, 3.05) is 53.0 Å². The summed E-state index contributed by atoms with van der Waals surface area (Å²) in [5, 5.41) is 0. The molecule has 130 valence electrons. The van der Waals surface area contributed by atoms with Crippen molar-refractivity contribution in [3.05, 3.63) is 11.8 Å². The molecular formula is C18H31N3O2. The zero-order valence-electron chi connectivity index (χ0n) is 14.5. The molecule has 5 nitrogen and oxygen atoms in total. The number of carbonyl (C=O) groups excluding carboxylic acids is 1. The van der Waals surface area contributed by atoms with Gasteiger partial charge in [-0.05, 0) is 38.5 Å². The van der Waals surface area contributed by atoms with Gasteiger partial charge >= 0.3 is 0 Å². The van der Waals surface area contributed by atoms with Crippen molar-refractivity contribution in [3.8, 4) is 0 Å². The highest BCUT2D eigenvalue weighted by Crippen LogP contribution is 2.33. The van der Waals surface area contributed by atoms with Gasteiger partial charge < -0.3 is 9.64 Å². The Bertz CT molecular complexity index is 426. The summed E-state index contributed by atoms with van der Waals surface area (Å²) in [4.78, 5) is 19.8. The first kappa shape index (κ1) is 16.9. The van der Waals surface area contributed by atoms with E-state index in [1.807, 2.05) is 0 Å². The molecule has 0 bridgehead atoms. The molecule has 1 amide bonds. The maximum Gasteiger partial charge on any atom is 0.241 e. The third kappa shape index (κ3) is 4.78. The average molecular weight is 321 g/mol. The first-order valence-corrected chi connectivity index (χ1v) is 9.22. The zero-order chi connectivity index (χ0) is 16.1. The maximum absolute atomic E-state index is 12.9. The van der Waals surface area contributed by atoms with Crippen LogP contribution in [-0.4, -0.2) is 79.6 Å². The molecule has 0 aromatic rings. The Hall–Kier alpha value is -0.910. The summed E-state index contributed by atoms with van der Waals surface area (Å²) in [6, 6.07) is 0.495. The van der Waals surface area contributed by atoms with Gasteiger partial charge in [0.15, 0.2) is 0 Å². The molecule has 3 rings (SSSR count). The number of ether oxygens (including phenoxy) is 1. The number of hydrogen-bond acceptors (Lipinski definition) is 4. The zero-order valence-corrected chi connectivity index (χ0v) is 14.5. The van der Waals surface area contributed by atoms with Crippen LogP contribution in [0.25, 0.3) is 0 Å². The average Bonchev–Trinajstić information content (AvgIpc) is 3.40. The summed E-state index contributed by atoms with van der Waals surface area (Å²) in [5.74, 6) is 0.325. The fourth-order valence-corrected chi connectivity index (χ4v) is 3.63. The highest BCUT2D eigenvalue weighted by atomic mass is 16.5. The Labute approximate surface area is 140 Å². The number of nitrogens with zero attached hydrogens (tertiary/aromatic N) is 3. The van der Waals surface area contributed by atoms with E-state index in [1.54, 1.807) is 7.11 Å². The van der Waals surface area contributed by atoms with Gasteiger partial charge in [-0.25, -0.2) is 0 Å². The molecule has 0 aromatic heterocycles. The van der Waals surface area contributed by atoms with E-state index in [9.17, 15) is 4.79 Å². The molecule has 1 saturated carbocycles. The molecule has 0 radical (unpaired) electrons. The van der Waals surface area contributed by atoms with Crippen molar-refractivity contribution >= 4 is 5.91 Å². The number of hydrogen-bond donors (Lipinski definition) is 0. The summed E-state index contributed by atoms with van der Waals surface area (Å²) in [7, 11) is 1.75. The van der Waals surface area contributed by atoms with Crippen molar-refractivity contribution in [2.24, 2.45) is 0 Å². The van der Waals surface area contributed by atoms with Gasteiger partial charge in [0, 0.05) is 51.6 Å². The van der Waals surface area contributed by atoms with Crippen LogP contribution in [0.5, 0.6) is 0 Å². The molecule has 2 fully saturated rings. The van der Waals surface area contributed by atoms with E-state index >= 15 is 0 Å². The van der Waals surface area contributed by atoms with Crippen LogP contribution in [0.2, 0.25) is 0 Å². The first-order valence-electron chi connectivity index (χ1n) is 9.22. The normalized spacial score (nSPS) is 23.6. The lowest BCUT2D eigenvalue weighted by molar-refractivity contribution is -0.131. The minimum absolute atomic E-state index is 0.325. The van der Waals surface area contributed by atoms with Crippen LogP contribution >= 0.6 is 0 Å². The summed E-state index contributed by atoms with van der Waals surface area (Å²) < 4.78 is 5.15. The van der Waals surface area contributed by atoms with Gasteiger partial charge in [-0.2, -0.15) is 0 Å². The van der Waals surface area contributed by atoms with Crippen LogP contribution in [0.15, 0.2) is 11.8 Å². The fraction of sp³-hybridized carbons (Fsp3) is 0.833. The molecule has 0 N–H and O–H groups in total. The standard InChI is InChI=1S/C18H31N3O2/c1-23-14-13-19-9-11-20(12-10-19)15-18(22)21(17-7-8-17)16-5-3-2-4-6-16/h5,17H,2-4,6-15H2,1H3. The van der Waals surface area contributed by atoms with Crippen LogP contribution in [0.1, 0.15) is 38.5 Å². The molecule has 1 heterocycles. The molecule has 1 aliphatic heterocycles. The predicted molar refractivity (Wildman–Crippen MR) is 91.2 cm³/mol. The number of allylic oxidation sites excluding steroid dienone is 2. The highest BCUT2D eigenvalue weighted by molar-refractivity contribution is 5.80. The Morgan fingerprint density at radius 1 is 1.22 bits per heavy atom. The molecule has 0 atom stereocenters. The Kier molecular flexibility index (Phi) is 6.08. The molecule has 0 spiro atoms. The first-order chi connectivity index (χ1) is 11.3. The SMILES string of the molecule is COCCN1CCN(CC(=O)N(C2=CCCCC2)C2CC2)CC1. The van der Waals surface area contributed by atoms with Crippen LogP contribution in [0.3, 0.4) is 0 Å². The van der Waals surface area contributed by atoms with Crippen molar-refractivity contribution in [2.45, 2.75) is 44.6 Å². The molecular weight excluding hydrogens is 290 g/mol. The van der Waals surface area contributed by atoms with Gasteiger partial charge in [-0.1, -0.05) is 6.08 Å². The largest absolute Gasteiger partial charge is 0.383 e. The van der Waals surface area contributed by atoms with E-state index < -0.39 is 0 Å². The Morgan fingerprint density at radius 2 is 1.96 bits per heavy atom. The molecule has 5 heteroatoms. The minimum Gasteiger partial charge on any atom is -0.383 e. The van der Waals surface area contributed by atoms with E-state index in [2.05, 4.69) is 20.8 Å². The third-order valence-electron chi connectivity index (χ3n) is 5.19. The smallest absolute Gasteiger partial charge is 0.241 e. The van der Waals surface area contributed by atoms with Gasteiger partial charge in [-0.3, -0.25) is 14.6 Å². The quantitative estimate of drug-likeness (QED) is 0.715. The predicted octanol–water partition coefficient (Wildman–Crippen LogP) is 1.70. The Balaban J connectivity index is 1.49. The molecule has 23 heavy (non-hydrogen) atoms. The van der Waals surface area contributed by atoms with E-state index in [0.29, 0.717) is 18.5 Å². The van der Waals surface area contributed by atoms with Crippen LogP contribution in [-0.2, 0) is 9.53 Å². The third-order valence-corrected chi connectivity index (χ3v) is 5.19. The molecule has 0 aromatic carbocycles.